The van der Waals surface area contributed by atoms with E-state index < -0.39 is 0 Å². The van der Waals surface area contributed by atoms with Crippen molar-refractivity contribution in [1.82, 2.24) is 0 Å². The summed E-state index contributed by atoms with van der Waals surface area (Å²) >= 11 is 5.44. The summed E-state index contributed by atoms with van der Waals surface area (Å²) in [6.45, 7) is 0. The van der Waals surface area contributed by atoms with Crippen molar-refractivity contribution >= 4 is 20.3 Å². The van der Waals surface area contributed by atoms with Crippen molar-refractivity contribution in [2.24, 2.45) is 0 Å². The van der Waals surface area contributed by atoms with Crippen LogP contribution in [0.2, 0.25) is 0 Å². The summed E-state index contributed by atoms with van der Waals surface area (Å²) in [7, 11) is 3.84. The predicted octanol–water partition coefficient (Wildman–Crippen LogP) is 3.16. The summed E-state index contributed by atoms with van der Waals surface area (Å²) in [6, 6.07) is 0. The van der Waals surface area contributed by atoms with E-state index in [2.05, 4.69) is 14.3 Å². The number of unbranched alkanes of at least 4 members (excludes halogenated alkanes) is 3. The van der Waals surface area contributed by atoms with Gasteiger partial charge in [0, 0.05) is 0 Å². The van der Waals surface area contributed by atoms with E-state index in [4.69, 9.17) is 11.6 Å². The normalized spacial score (nSPS) is 8.50. The third kappa shape index (κ3) is 6.50. The van der Waals surface area contributed by atoms with Crippen molar-refractivity contribution in [3.63, 3.8) is 0 Å². The zero-order valence-electron chi connectivity index (χ0n) is 4.86. The van der Waals surface area contributed by atoms with Crippen LogP contribution in [0.5, 0.6) is 0 Å². The molecule has 0 nitrogen and oxygen atoms in total. The molecule has 0 atom stereocenters. The molecule has 0 radical (unpaired) electrons. The number of hydrogen-bond donors (Lipinski definition) is 0. The molecule has 0 unspecified atom stereocenters. The van der Waals surface area contributed by atoms with Crippen LogP contribution in [0.25, 0.3) is 0 Å². The minimum absolute atomic E-state index is 0.784. The van der Waals surface area contributed by atoms with Crippen molar-refractivity contribution in [2.75, 3.05) is 5.88 Å². The van der Waals surface area contributed by atoms with Crippen molar-refractivity contribution in [3.8, 4) is 5.63 Å². The fourth-order valence-corrected chi connectivity index (χ4v) is 0.822. The summed E-state index contributed by atoms with van der Waals surface area (Å²) in [5, 5.41) is 0. The zero-order valence-corrected chi connectivity index (χ0v) is 6.51. The Morgan fingerprint density at radius 1 is 1.25 bits per heavy atom. The van der Waals surface area contributed by atoms with E-state index in [0.29, 0.717) is 0 Å². The Morgan fingerprint density at radius 3 is 2.50 bits per heavy atom. The van der Waals surface area contributed by atoms with Gasteiger partial charge in [0.05, 0.1) is 0 Å². The van der Waals surface area contributed by atoms with Gasteiger partial charge in [-0.05, 0) is 0 Å². The Bertz CT molecular complexity index is 75.1. The molecule has 0 aliphatic carbocycles. The van der Waals surface area contributed by atoms with Crippen LogP contribution in [-0.2, 0) is 0 Å². The van der Waals surface area contributed by atoms with Gasteiger partial charge in [-0.3, -0.25) is 0 Å². The first-order valence-corrected chi connectivity index (χ1v) is 3.83. The molecular formula is C6H10ClP. The third-order valence-corrected chi connectivity index (χ3v) is 1.41. The van der Waals surface area contributed by atoms with Gasteiger partial charge in [0.15, 0.2) is 0 Å². The van der Waals surface area contributed by atoms with Crippen molar-refractivity contribution < 1.29 is 0 Å². The summed E-state index contributed by atoms with van der Waals surface area (Å²) in [5.41, 5.74) is 2.78. The predicted molar refractivity (Wildman–Crippen MR) is 40.0 cm³/mol. The van der Waals surface area contributed by atoms with E-state index in [1.54, 1.807) is 0 Å². The summed E-state index contributed by atoms with van der Waals surface area (Å²) < 4.78 is 0. The molecule has 0 aromatic rings. The van der Waals surface area contributed by atoms with E-state index in [9.17, 15) is 0 Å². The van der Waals surface area contributed by atoms with E-state index >= 15 is 0 Å². The quantitative estimate of drug-likeness (QED) is 0.326. The van der Waals surface area contributed by atoms with Crippen LogP contribution in [-0.4, -0.2) is 5.88 Å². The van der Waals surface area contributed by atoms with Gasteiger partial charge in [-0.15, -0.1) is 0 Å². The van der Waals surface area contributed by atoms with E-state index in [0.717, 1.165) is 18.7 Å². The van der Waals surface area contributed by atoms with Crippen LogP contribution in [0.1, 0.15) is 25.7 Å². The Labute approximate surface area is 58.1 Å². The maximum atomic E-state index is 5.44. The van der Waals surface area contributed by atoms with Gasteiger partial charge in [-0.2, -0.15) is 0 Å². The molecule has 0 saturated carbocycles. The van der Waals surface area contributed by atoms with Crippen LogP contribution in [0.4, 0.5) is 0 Å². The van der Waals surface area contributed by atoms with Crippen LogP contribution < -0.4 is 0 Å². The molecule has 0 aromatic carbocycles. The summed E-state index contributed by atoms with van der Waals surface area (Å²) in [6.07, 6.45) is 4.49. The maximum absolute atomic E-state index is 5.44. The second-order valence-corrected chi connectivity index (χ2v) is 2.35. The number of alkyl halides is 1. The fourth-order valence-electron chi connectivity index (χ4n) is 0.475. The first-order valence-electron chi connectivity index (χ1n) is 2.84. The number of rotatable bonds is 4. The van der Waals surface area contributed by atoms with E-state index in [-0.39, 0.29) is 0 Å². The molecule has 0 aliphatic heterocycles. The summed E-state index contributed by atoms with van der Waals surface area (Å²) in [5.74, 6) is 0.784. The Balaban J connectivity index is 2.65. The van der Waals surface area contributed by atoms with E-state index in [1.165, 1.54) is 12.8 Å². The zero-order chi connectivity index (χ0) is 6.24. The van der Waals surface area contributed by atoms with Crippen LogP contribution in [0.15, 0.2) is 0 Å². The second kappa shape index (κ2) is 7.50. The van der Waals surface area contributed by atoms with Gasteiger partial charge in [-0.1, -0.05) is 0 Å². The first kappa shape index (κ1) is 8.50. The van der Waals surface area contributed by atoms with Gasteiger partial charge in [0.1, 0.15) is 0 Å². The average molecular weight is 149 g/mol. The standard InChI is InChI=1S/C6H10ClP/c7-5-3-1-2-4-6-8/h1-5H2. The van der Waals surface area contributed by atoms with Gasteiger partial charge in [0.2, 0.25) is 0 Å². The molecule has 2 heteroatoms. The fraction of sp³-hybridized carbons (Fsp3) is 0.833. The monoisotopic (exact) mass is 148 g/mol. The van der Waals surface area contributed by atoms with Gasteiger partial charge < -0.3 is 0 Å². The average Bonchev–Trinajstić information content (AvgIpc) is 1.81. The molecule has 0 fully saturated rings. The SMILES string of the molecule is P#CCCCCCCl. The van der Waals surface area contributed by atoms with E-state index in [1.807, 2.05) is 0 Å². The van der Waals surface area contributed by atoms with Gasteiger partial charge in [0.25, 0.3) is 0 Å². The minimum atomic E-state index is 0.784. The van der Waals surface area contributed by atoms with Gasteiger partial charge in [-0.25, -0.2) is 0 Å². The Kier molecular flexibility index (Phi) is 7.97. The molecule has 0 bridgehead atoms. The number of hydrogen-bond acceptors (Lipinski definition) is 0. The Morgan fingerprint density at radius 2 is 2.00 bits per heavy atom. The van der Waals surface area contributed by atoms with Crippen molar-refractivity contribution in [1.29, 1.82) is 0 Å². The second-order valence-electron chi connectivity index (χ2n) is 1.66. The molecule has 0 aromatic heterocycles. The topological polar surface area (TPSA) is 0 Å². The molecule has 0 spiro atoms. The van der Waals surface area contributed by atoms with Crippen LogP contribution in [0.3, 0.4) is 0 Å². The summed E-state index contributed by atoms with van der Waals surface area (Å²) in [4.78, 5) is 0. The van der Waals surface area contributed by atoms with Crippen molar-refractivity contribution in [2.45, 2.75) is 25.7 Å². The molecule has 0 aliphatic rings. The van der Waals surface area contributed by atoms with Crippen molar-refractivity contribution in [3.05, 3.63) is 0 Å². The molecular weight excluding hydrogens is 138 g/mol. The first-order chi connectivity index (χ1) is 3.91. The third-order valence-electron chi connectivity index (χ3n) is 0.922. The molecule has 0 rings (SSSR count). The Hall–Kier alpha value is 0.500. The molecule has 0 amide bonds. The van der Waals surface area contributed by atoms with Crippen LogP contribution >= 0.6 is 20.3 Å². The molecule has 8 heavy (non-hydrogen) atoms. The molecule has 46 valence electrons. The molecule has 0 N–H and O–H groups in total. The van der Waals surface area contributed by atoms with Gasteiger partial charge >= 0.3 is 57.5 Å². The van der Waals surface area contributed by atoms with Crippen LogP contribution in [0, 0.1) is 5.63 Å². The molecule has 0 saturated heterocycles. The molecule has 0 heterocycles. The number of halogens is 1.